The zero-order chi connectivity index (χ0) is 25.1. The van der Waals surface area contributed by atoms with Crippen LogP contribution in [0.1, 0.15) is 51.8 Å². The van der Waals surface area contributed by atoms with Crippen molar-refractivity contribution in [2.45, 2.75) is 38.6 Å². The zero-order valence-corrected chi connectivity index (χ0v) is 20.5. The third kappa shape index (κ3) is 3.61. The van der Waals surface area contributed by atoms with Crippen LogP contribution >= 0.6 is 0 Å². The number of nitrogens with zero attached hydrogens (tertiary/aromatic N) is 5. The van der Waals surface area contributed by atoms with E-state index >= 15 is 0 Å². The number of pyridine rings is 2. The van der Waals surface area contributed by atoms with Gasteiger partial charge < -0.3 is 14.6 Å². The molecule has 1 fully saturated rings. The lowest BCUT2D eigenvalue weighted by molar-refractivity contribution is 0.0733. The summed E-state index contributed by atoms with van der Waals surface area (Å²) in [5.41, 5.74) is 6.27. The molecule has 1 amide bonds. The van der Waals surface area contributed by atoms with Crippen molar-refractivity contribution in [2.75, 3.05) is 19.8 Å². The van der Waals surface area contributed by atoms with Gasteiger partial charge in [0, 0.05) is 67.7 Å². The van der Waals surface area contributed by atoms with E-state index in [1.54, 1.807) is 18.6 Å². The Balaban J connectivity index is 1.28. The monoisotopic (exact) mass is 494 g/mol. The molecule has 6 heterocycles. The fourth-order valence-electron chi connectivity index (χ4n) is 5.74. The van der Waals surface area contributed by atoms with Gasteiger partial charge in [-0.2, -0.15) is 0 Å². The highest BCUT2D eigenvalue weighted by Gasteiger charge is 2.26. The van der Waals surface area contributed by atoms with Crippen LogP contribution in [0.5, 0.6) is 0 Å². The molecule has 0 radical (unpaired) electrons. The lowest BCUT2D eigenvalue weighted by Gasteiger charge is -2.29. The number of nitrogens with one attached hydrogen (secondary N) is 1. The van der Waals surface area contributed by atoms with Crippen molar-refractivity contribution < 1.29 is 9.53 Å². The molecule has 186 valence electrons. The number of hydrogen-bond donors (Lipinski definition) is 1. The van der Waals surface area contributed by atoms with Crippen LogP contribution in [0.2, 0.25) is 0 Å². The van der Waals surface area contributed by atoms with Crippen LogP contribution in [0.4, 0.5) is 0 Å². The number of ether oxygens (including phenoxy) is 1. The van der Waals surface area contributed by atoms with E-state index < -0.39 is 0 Å². The Labute approximate surface area is 212 Å². The first-order chi connectivity index (χ1) is 18.1. The molecular weight excluding hydrogens is 468 g/mol. The normalized spacial score (nSPS) is 16.5. The zero-order valence-electron chi connectivity index (χ0n) is 20.5. The van der Waals surface area contributed by atoms with Gasteiger partial charge in [-0.05, 0) is 55.2 Å². The Bertz CT molecular complexity index is 1770. The maximum absolute atomic E-state index is 13.7. The molecular formula is C28H26N6O3. The summed E-state index contributed by atoms with van der Waals surface area (Å²) in [6.07, 6.45) is 7.65. The maximum Gasteiger partial charge on any atom is 0.274 e. The van der Waals surface area contributed by atoms with Gasteiger partial charge in [0.1, 0.15) is 11.3 Å². The minimum atomic E-state index is -0.209. The van der Waals surface area contributed by atoms with E-state index in [1.165, 1.54) is 0 Å². The molecule has 0 saturated carbocycles. The summed E-state index contributed by atoms with van der Waals surface area (Å²) < 4.78 is 7.49. The van der Waals surface area contributed by atoms with Crippen molar-refractivity contribution in [3.05, 3.63) is 81.4 Å². The summed E-state index contributed by atoms with van der Waals surface area (Å²) in [5, 5.41) is 0.972. The highest BCUT2D eigenvalue weighted by atomic mass is 16.5. The number of carbonyl (C=O) groups excluding carboxylic acids is 1. The van der Waals surface area contributed by atoms with Crippen LogP contribution in [-0.2, 0) is 17.7 Å². The second-order valence-electron chi connectivity index (χ2n) is 10.0. The Morgan fingerprint density at radius 2 is 2.00 bits per heavy atom. The molecule has 1 aromatic carbocycles. The van der Waals surface area contributed by atoms with Crippen LogP contribution in [0.15, 0.2) is 47.7 Å². The number of aryl methyl sites for hydroxylation is 1. The van der Waals surface area contributed by atoms with E-state index in [2.05, 4.69) is 21.0 Å². The summed E-state index contributed by atoms with van der Waals surface area (Å²) in [5.74, 6) is 1.07. The van der Waals surface area contributed by atoms with Crippen LogP contribution in [0.3, 0.4) is 0 Å². The van der Waals surface area contributed by atoms with Gasteiger partial charge in [-0.3, -0.25) is 24.0 Å². The quantitative estimate of drug-likeness (QED) is 0.403. The maximum atomic E-state index is 13.7. The number of H-pyrrole nitrogens is 1. The molecule has 7 rings (SSSR count). The highest BCUT2D eigenvalue weighted by molar-refractivity contribution is 5.99. The van der Waals surface area contributed by atoms with E-state index in [0.29, 0.717) is 49.3 Å². The van der Waals surface area contributed by atoms with E-state index in [0.717, 1.165) is 51.9 Å². The molecule has 1 saturated heterocycles. The number of hydrogen-bond acceptors (Lipinski definition) is 6. The standard InChI is InChI=1S/C28H26N6O3/c1-16-10-24-23(32-27(35)25-14-30-26(34(24)25)17-4-8-37-9-5-17)12-20(16)28(36)33-7-3-22-19(15-33)11-18-13-29-6-2-21(18)31-22/h2,6,10-14,17H,3-5,7-9,15H2,1H3,(H,32,35). The summed E-state index contributed by atoms with van der Waals surface area (Å²) >= 11 is 0. The second-order valence-corrected chi connectivity index (χ2v) is 10.0. The number of imidazole rings is 1. The Morgan fingerprint density at radius 3 is 2.86 bits per heavy atom. The first-order valence-electron chi connectivity index (χ1n) is 12.7. The lowest BCUT2D eigenvalue weighted by Crippen LogP contribution is -2.36. The molecule has 0 unspecified atom stereocenters. The first-order valence-corrected chi connectivity index (χ1v) is 12.7. The van der Waals surface area contributed by atoms with Crippen molar-refractivity contribution in [3.63, 3.8) is 0 Å². The molecule has 9 heteroatoms. The van der Waals surface area contributed by atoms with Crippen molar-refractivity contribution >= 4 is 33.4 Å². The van der Waals surface area contributed by atoms with Crippen molar-refractivity contribution in [1.82, 2.24) is 29.2 Å². The van der Waals surface area contributed by atoms with Gasteiger partial charge in [-0.15, -0.1) is 0 Å². The third-order valence-electron chi connectivity index (χ3n) is 7.72. The fourth-order valence-corrected chi connectivity index (χ4v) is 5.74. The SMILES string of the molecule is Cc1cc2c(cc1C(=O)N1CCc3nc4ccncc4cc3C1)[nH]c(=O)c1cnc(C3CCOCC3)n12. The van der Waals surface area contributed by atoms with Gasteiger partial charge in [-0.25, -0.2) is 4.98 Å². The molecule has 9 nitrogen and oxygen atoms in total. The lowest BCUT2D eigenvalue weighted by atomic mass is 9.99. The second kappa shape index (κ2) is 8.48. The fraction of sp³-hybridized carbons (Fsp3) is 0.321. The molecule has 2 aliphatic heterocycles. The minimum absolute atomic E-state index is 0.0486. The smallest absolute Gasteiger partial charge is 0.274 e. The van der Waals surface area contributed by atoms with Crippen LogP contribution in [0, 0.1) is 6.92 Å². The number of amides is 1. The van der Waals surface area contributed by atoms with Gasteiger partial charge in [0.05, 0.1) is 22.7 Å². The van der Waals surface area contributed by atoms with Crippen LogP contribution in [0.25, 0.3) is 27.5 Å². The summed E-state index contributed by atoms with van der Waals surface area (Å²) in [6, 6.07) is 7.81. The Morgan fingerprint density at radius 1 is 1.14 bits per heavy atom. The number of aromatic nitrogens is 5. The molecule has 37 heavy (non-hydrogen) atoms. The van der Waals surface area contributed by atoms with Crippen molar-refractivity contribution in [1.29, 1.82) is 0 Å². The van der Waals surface area contributed by atoms with Crippen molar-refractivity contribution in [3.8, 4) is 0 Å². The summed E-state index contributed by atoms with van der Waals surface area (Å²) in [6.45, 7) is 4.43. The molecule has 0 spiro atoms. The van der Waals surface area contributed by atoms with E-state index in [-0.39, 0.29) is 17.4 Å². The van der Waals surface area contributed by atoms with E-state index in [1.807, 2.05) is 34.4 Å². The van der Waals surface area contributed by atoms with Crippen LogP contribution in [-0.4, -0.2) is 54.9 Å². The largest absolute Gasteiger partial charge is 0.381 e. The molecule has 0 bridgehead atoms. The number of carbonyl (C=O) groups is 1. The van der Waals surface area contributed by atoms with Gasteiger partial charge >= 0.3 is 0 Å². The summed E-state index contributed by atoms with van der Waals surface area (Å²) in [4.78, 5) is 45.1. The number of rotatable bonds is 2. The first kappa shape index (κ1) is 22.1. The van der Waals surface area contributed by atoms with Crippen LogP contribution < -0.4 is 5.56 Å². The minimum Gasteiger partial charge on any atom is -0.381 e. The van der Waals surface area contributed by atoms with Gasteiger partial charge in [-0.1, -0.05) is 0 Å². The van der Waals surface area contributed by atoms with Crippen molar-refractivity contribution in [2.24, 2.45) is 0 Å². The Hall–Kier alpha value is -4.11. The molecule has 0 aliphatic carbocycles. The Kier molecular flexibility index (Phi) is 5.07. The number of fused-ring (bicyclic) bond motifs is 5. The van der Waals surface area contributed by atoms with Gasteiger partial charge in [0.2, 0.25) is 0 Å². The third-order valence-corrected chi connectivity index (χ3v) is 7.72. The average molecular weight is 495 g/mol. The van der Waals surface area contributed by atoms with Gasteiger partial charge in [0.25, 0.3) is 11.5 Å². The van der Waals surface area contributed by atoms with E-state index in [9.17, 15) is 9.59 Å². The number of aromatic amines is 1. The highest BCUT2D eigenvalue weighted by Crippen LogP contribution is 2.30. The number of benzene rings is 1. The topological polar surface area (TPSA) is 105 Å². The average Bonchev–Trinajstić information content (AvgIpc) is 3.38. The molecule has 2 aliphatic rings. The molecule has 4 aromatic heterocycles. The molecule has 0 atom stereocenters. The molecule has 5 aromatic rings. The molecule has 1 N–H and O–H groups in total. The summed E-state index contributed by atoms with van der Waals surface area (Å²) in [7, 11) is 0. The predicted molar refractivity (Wildman–Crippen MR) is 139 cm³/mol. The van der Waals surface area contributed by atoms with E-state index in [4.69, 9.17) is 9.72 Å². The van der Waals surface area contributed by atoms with Gasteiger partial charge in [0.15, 0.2) is 0 Å². The predicted octanol–water partition coefficient (Wildman–Crippen LogP) is 3.52.